The Morgan fingerprint density at radius 2 is 2.03 bits per heavy atom. The van der Waals surface area contributed by atoms with Crippen LogP contribution in [0.25, 0.3) is 0 Å². The van der Waals surface area contributed by atoms with E-state index >= 15 is 0 Å². The molecule has 156 valence electrons. The van der Waals surface area contributed by atoms with Gasteiger partial charge in [0.1, 0.15) is 12.4 Å². The van der Waals surface area contributed by atoms with Gasteiger partial charge in [0.05, 0.1) is 17.8 Å². The Bertz CT molecular complexity index is 838. The van der Waals surface area contributed by atoms with E-state index in [9.17, 15) is 4.79 Å². The molecule has 9 heteroatoms. The fourth-order valence-corrected chi connectivity index (χ4v) is 4.47. The smallest absolute Gasteiger partial charge is 0.321 e. The van der Waals surface area contributed by atoms with Gasteiger partial charge in [-0.3, -0.25) is 10.00 Å². The second-order valence-electron chi connectivity index (χ2n) is 8.51. The lowest BCUT2D eigenvalue weighted by atomic mass is 9.96. The molecule has 0 bridgehead atoms. The van der Waals surface area contributed by atoms with Crippen molar-refractivity contribution in [2.75, 3.05) is 11.9 Å². The number of aromatic nitrogens is 5. The van der Waals surface area contributed by atoms with Gasteiger partial charge in [0.2, 0.25) is 5.95 Å². The van der Waals surface area contributed by atoms with Crippen LogP contribution in [0.1, 0.15) is 69.2 Å². The predicted octanol–water partition coefficient (Wildman–Crippen LogP) is 3.04. The number of carbonyl (C=O) groups excluding carboxylic acids is 1. The first-order valence-electron chi connectivity index (χ1n) is 10.9. The van der Waals surface area contributed by atoms with Crippen molar-refractivity contribution in [3.63, 3.8) is 0 Å². The van der Waals surface area contributed by atoms with Crippen molar-refractivity contribution in [3.05, 3.63) is 24.3 Å². The third-order valence-corrected chi connectivity index (χ3v) is 6.26. The molecule has 2 aliphatic carbocycles. The van der Waals surface area contributed by atoms with Crippen molar-refractivity contribution in [2.24, 2.45) is 5.92 Å². The highest BCUT2D eigenvalue weighted by Crippen LogP contribution is 2.34. The molecule has 2 N–H and O–H groups in total. The van der Waals surface area contributed by atoms with Crippen molar-refractivity contribution >= 4 is 12.0 Å². The zero-order chi connectivity index (χ0) is 19.6. The Morgan fingerprint density at radius 3 is 2.86 bits per heavy atom. The Hall–Kier alpha value is -2.42. The minimum atomic E-state index is -0.292. The van der Waals surface area contributed by atoms with Gasteiger partial charge in [0.25, 0.3) is 0 Å². The first-order valence-corrected chi connectivity index (χ1v) is 10.9. The number of nitrogens with zero attached hydrogens (tertiary/aromatic N) is 5. The molecule has 3 aliphatic rings. The van der Waals surface area contributed by atoms with Gasteiger partial charge in [-0.25, -0.2) is 14.5 Å². The van der Waals surface area contributed by atoms with Crippen LogP contribution in [0.3, 0.4) is 0 Å². The predicted molar refractivity (Wildman–Crippen MR) is 106 cm³/mol. The van der Waals surface area contributed by atoms with Crippen LogP contribution in [0.15, 0.2) is 18.6 Å². The van der Waals surface area contributed by atoms with Crippen molar-refractivity contribution in [3.8, 4) is 0 Å². The minimum absolute atomic E-state index is 0.0925. The maximum Gasteiger partial charge on any atom is 0.321 e. The molecule has 2 aromatic rings. The number of hydrogen-bond acceptors (Lipinski definition) is 5. The van der Waals surface area contributed by atoms with Gasteiger partial charge in [-0.2, -0.15) is 5.10 Å². The summed E-state index contributed by atoms with van der Waals surface area (Å²) in [6.45, 7) is 1.56. The van der Waals surface area contributed by atoms with E-state index in [0.29, 0.717) is 18.6 Å². The van der Waals surface area contributed by atoms with Crippen LogP contribution in [-0.2, 0) is 11.3 Å². The highest BCUT2D eigenvalue weighted by Gasteiger charge is 2.34. The SMILES string of the molecule is O=C(Nc1ncn(C2CCCCC2)n1)N[C@@H]1CCO[C@H]1c1ccnn1CC1CC1. The Morgan fingerprint density at radius 1 is 1.17 bits per heavy atom. The second-order valence-corrected chi connectivity index (χ2v) is 8.51. The van der Waals surface area contributed by atoms with Gasteiger partial charge in [0.15, 0.2) is 0 Å². The summed E-state index contributed by atoms with van der Waals surface area (Å²) < 4.78 is 9.88. The van der Waals surface area contributed by atoms with E-state index in [1.54, 1.807) is 6.33 Å². The van der Waals surface area contributed by atoms with E-state index in [2.05, 4.69) is 25.8 Å². The molecule has 5 rings (SSSR count). The fourth-order valence-electron chi connectivity index (χ4n) is 4.47. The molecule has 3 fully saturated rings. The van der Waals surface area contributed by atoms with Crippen LogP contribution in [0.4, 0.5) is 10.7 Å². The Kier molecular flexibility index (Phi) is 5.22. The van der Waals surface area contributed by atoms with Crippen LogP contribution in [-0.4, -0.2) is 43.2 Å². The average Bonchev–Trinajstić information content (AvgIpc) is 3.10. The lowest BCUT2D eigenvalue weighted by Crippen LogP contribution is -2.40. The van der Waals surface area contributed by atoms with Gasteiger partial charge < -0.3 is 10.1 Å². The minimum Gasteiger partial charge on any atom is -0.370 e. The molecular weight excluding hydrogens is 370 g/mol. The van der Waals surface area contributed by atoms with Crippen molar-refractivity contribution in [2.45, 2.75) is 76.1 Å². The highest BCUT2D eigenvalue weighted by atomic mass is 16.5. The normalized spacial score (nSPS) is 25.2. The quantitative estimate of drug-likeness (QED) is 0.778. The summed E-state index contributed by atoms with van der Waals surface area (Å²) in [5.74, 6) is 1.08. The highest BCUT2D eigenvalue weighted by molar-refractivity contribution is 5.87. The molecule has 0 unspecified atom stereocenters. The fraction of sp³-hybridized carbons (Fsp3) is 0.700. The van der Waals surface area contributed by atoms with Crippen LogP contribution in [0.5, 0.6) is 0 Å². The summed E-state index contributed by atoms with van der Waals surface area (Å²) in [6, 6.07) is 2.01. The summed E-state index contributed by atoms with van der Waals surface area (Å²) in [5, 5.41) is 14.7. The molecule has 2 amide bonds. The van der Waals surface area contributed by atoms with E-state index in [-0.39, 0.29) is 18.2 Å². The standard InChI is InChI=1S/C20H29N7O2/c28-20(24-19-21-13-27(25-19)15-4-2-1-3-5-15)23-16-9-11-29-18(16)17-8-10-22-26(17)12-14-6-7-14/h8,10,13-16,18H,1-7,9,11-12H2,(H2,23,24,25,28)/t16-,18-/m1/s1. The number of rotatable bonds is 6. The van der Waals surface area contributed by atoms with Crippen LogP contribution < -0.4 is 10.6 Å². The molecule has 29 heavy (non-hydrogen) atoms. The van der Waals surface area contributed by atoms with Crippen LogP contribution in [0.2, 0.25) is 0 Å². The summed E-state index contributed by atoms with van der Waals surface area (Å²) in [7, 11) is 0. The monoisotopic (exact) mass is 399 g/mol. The molecule has 0 spiro atoms. The zero-order valence-corrected chi connectivity index (χ0v) is 16.7. The van der Waals surface area contributed by atoms with Crippen molar-refractivity contribution in [1.29, 1.82) is 0 Å². The zero-order valence-electron chi connectivity index (χ0n) is 16.7. The number of anilines is 1. The number of amides is 2. The maximum atomic E-state index is 12.6. The summed E-state index contributed by atoms with van der Waals surface area (Å²) >= 11 is 0. The Balaban J connectivity index is 1.19. The molecular formula is C20H29N7O2. The largest absolute Gasteiger partial charge is 0.370 e. The third kappa shape index (κ3) is 4.29. The molecule has 3 heterocycles. The van der Waals surface area contributed by atoms with E-state index < -0.39 is 0 Å². The molecule has 0 aromatic carbocycles. The summed E-state index contributed by atoms with van der Waals surface area (Å²) in [4.78, 5) is 16.8. The van der Waals surface area contributed by atoms with Gasteiger partial charge in [-0.05, 0) is 44.1 Å². The number of urea groups is 1. The van der Waals surface area contributed by atoms with E-state index in [1.807, 2.05) is 21.6 Å². The topological polar surface area (TPSA) is 98.9 Å². The first-order chi connectivity index (χ1) is 14.3. The molecule has 9 nitrogen and oxygen atoms in total. The van der Waals surface area contributed by atoms with E-state index in [1.165, 1.54) is 32.1 Å². The first kappa shape index (κ1) is 18.6. The number of nitrogens with one attached hydrogen (secondary N) is 2. The van der Waals surface area contributed by atoms with Crippen LogP contribution in [0, 0.1) is 5.92 Å². The molecule has 1 aliphatic heterocycles. The maximum absolute atomic E-state index is 12.6. The van der Waals surface area contributed by atoms with Crippen molar-refractivity contribution < 1.29 is 9.53 Å². The average molecular weight is 399 g/mol. The number of ether oxygens (including phenoxy) is 1. The molecule has 2 aromatic heterocycles. The summed E-state index contributed by atoms with van der Waals surface area (Å²) in [6.07, 6.45) is 12.7. The van der Waals surface area contributed by atoms with Crippen LogP contribution >= 0.6 is 0 Å². The lowest BCUT2D eigenvalue weighted by Gasteiger charge is -2.21. The summed E-state index contributed by atoms with van der Waals surface area (Å²) in [5.41, 5.74) is 1.04. The Labute approximate surface area is 170 Å². The molecule has 2 saturated carbocycles. The molecule has 2 atom stereocenters. The van der Waals surface area contributed by atoms with Crippen molar-refractivity contribution in [1.82, 2.24) is 29.9 Å². The van der Waals surface area contributed by atoms with Gasteiger partial charge >= 0.3 is 6.03 Å². The van der Waals surface area contributed by atoms with Gasteiger partial charge in [0, 0.05) is 19.3 Å². The second kappa shape index (κ2) is 8.14. The number of hydrogen-bond donors (Lipinski definition) is 2. The third-order valence-electron chi connectivity index (χ3n) is 6.26. The molecule has 1 saturated heterocycles. The van der Waals surface area contributed by atoms with E-state index in [0.717, 1.165) is 37.4 Å². The van der Waals surface area contributed by atoms with Gasteiger partial charge in [-0.15, -0.1) is 5.10 Å². The number of carbonyl (C=O) groups is 1. The lowest BCUT2D eigenvalue weighted by molar-refractivity contribution is 0.0926. The molecule has 0 radical (unpaired) electrons. The van der Waals surface area contributed by atoms with E-state index in [4.69, 9.17) is 4.74 Å². The van der Waals surface area contributed by atoms with Gasteiger partial charge in [-0.1, -0.05) is 19.3 Å².